The van der Waals surface area contributed by atoms with Crippen LogP contribution >= 0.6 is 0 Å². The zero-order chi connectivity index (χ0) is 19.4. The van der Waals surface area contributed by atoms with Crippen LogP contribution in [-0.4, -0.2) is 29.3 Å². The number of likely N-dealkylation sites (tertiary alicyclic amines) is 1. The van der Waals surface area contributed by atoms with Crippen LogP contribution in [0.2, 0.25) is 0 Å². The van der Waals surface area contributed by atoms with E-state index in [1.165, 1.54) is 17.0 Å². The fraction of sp³-hybridized carbons (Fsp3) is 0.263. The number of halogens is 3. The van der Waals surface area contributed by atoms with E-state index in [-0.39, 0.29) is 12.2 Å². The third kappa shape index (κ3) is 4.46. The number of nitrogens with zero attached hydrogens (tertiary/aromatic N) is 1. The molecule has 0 radical (unpaired) electrons. The maximum atomic E-state index is 12.8. The Labute approximate surface area is 153 Å². The maximum Gasteiger partial charge on any atom is 0.416 e. The highest BCUT2D eigenvalue weighted by molar-refractivity contribution is 5.98. The molecule has 27 heavy (non-hydrogen) atoms. The lowest BCUT2D eigenvalue weighted by Gasteiger charge is -2.39. The Morgan fingerprint density at radius 3 is 2.48 bits per heavy atom. The van der Waals surface area contributed by atoms with E-state index in [1.807, 2.05) is 30.3 Å². The molecule has 1 atom stereocenters. The molecule has 3 rings (SSSR count). The van der Waals surface area contributed by atoms with Crippen LogP contribution in [0.3, 0.4) is 0 Å². The van der Waals surface area contributed by atoms with Gasteiger partial charge in [-0.05, 0) is 30.2 Å². The van der Waals surface area contributed by atoms with Crippen LogP contribution in [0.25, 0.3) is 0 Å². The first-order valence-corrected chi connectivity index (χ1v) is 8.30. The predicted octanol–water partition coefficient (Wildman–Crippen LogP) is 3.17. The number of hydroxylamine groups is 1. The third-order valence-corrected chi connectivity index (χ3v) is 4.27. The van der Waals surface area contributed by atoms with Crippen molar-refractivity contribution in [2.45, 2.75) is 25.2 Å². The molecule has 1 aliphatic rings. The van der Waals surface area contributed by atoms with Crippen LogP contribution in [0.4, 0.5) is 13.2 Å². The SMILES string of the molecule is O=C(NOCc1ccccc1)[C@H]1CCN1C(=O)c1cccc(C(F)(F)F)c1. The first-order valence-electron chi connectivity index (χ1n) is 8.30. The zero-order valence-corrected chi connectivity index (χ0v) is 14.2. The summed E-state index contributed by atoms with van der Waals surface area (Å²) in [6.07, 6.45) is -4.11. The summed E-state index contributed by atoms with van der Waals surface area (Å²) in [5.41, 5.74) is 2.15. The summed E-state index contributed by atoms with van der Waals surface area (Å²) in [5.74, 6) is -1.12. The van der Waals surface area contributed by atoms with Gasteiger partial charge < -0.3 is 4.90 Å². The van der Waals surface area contributed by atoms with E-state index in [0.29, 0.717) is 13.0 Å². The van der Waals surface area contributed by atoms with E-state index in [1.54, 1.807) is 0 Å². The lowest BCUT2D eigenvalue weighted by molar-refractivity contribution is -0.143. The van der Waals surface area contributed by atoms with Crippen LogP contribution in [0, 0.1) is 0 Å². The van der Waals surface area contributed by atoms with E-state index in [2.05, 4.69) is 5.48 Å². The first kappa shape index (κ1) is 18.9. The summed E-state index contributed by atoms with van der Waals surface area (Å²) < 4.78 is 38.4. The quantitative estimate of drug-likeness (QED) is 0.813. The standard InChI is InChI=1S/C19H17F3N2O3/c20-19(21,22)15-8-4-7-14(11-15)18(26)24-10-9-16(24)17(25)23-27-12-13-5-2-1-3-6-13/h1-8,11,16H,9-10,12H2,(H,23,25)/t16-/m1/s1. The minimum Gasteiger partial charge on any atom is -0.326 e. The Balaban J connectivity index is 1.58. The van der Waals surface area contributed by atoms with Gasteiger partial charge in [0.05, 0.1) is 12.2 Å². The van der Waals surface area contributed by atoms with Crippen LogP contribution in [0.1, 0.15) is 27.9 Å². The normalized spacial score (nSPS) is 16.6. The molecule has 0 spiro atoms. The van der Waals surface area contributed by atoms with Crippen molar-refractivity contribution in [2.24, 2.45) is 0 Å². The highest BCUT2D eigenvalue weighted by Crippen LogP contribution is 2.30. The molecule has 8 heteroatoms. The molecule has 1 fully saturated rings. The smallest absolute Gasteiger partial charge is 0.326 e. The Bertz CT molecular complexity index is 824. The van der Waals surface area contributed by atoms with E-state index in [4.69, 9.17) is 4.84 Å². The average molecular weight is 378 g/mol. The average Bonchev–Trinajstić information content (AvgIpc) is 2.61. The topological polar surface area (TPSA) is 58.6 Å². The fourth-order valence-corrected chi connectivity index (χ4v) is 2.73. The molecule has 1 saturated heterocycles. The number of nitrogens with one attached hydrogen (secondary N) is 1. The summed E-state index contributed by atoms with van der Waals surface area (Å²) in [7, 11) is 0. The molecule has 2 aromatic rings. The molecular formula is C19H17F3N2O3. The fourth-order valence-electron chi connectivity index (χ4n) is 2.73. The molecule has 142 valence electrons. The molecule has 0 aliphatic carbocycles. The van der Waals surface area contributed by atoms with Crippen molar-refractivity contribution in [3.05, 3.63) is 71.3 Å². The van der Waals surface area contributed by atoms with Crippen molar-refractivity contribution in [1.82, 2.24) is 10.4 Å². The number of carbonyl (C=O) groups excluding carboxylic acids is 2. The zero-order valence-electron chi connectivity index (χ0n) is 14.2. The Hall–Kier alpha value is -2.87. The van der Waals surface area contributed by atoms with Crippen LogP contribution in [0.5, 0.6) is 0 Å². The second-order valence-corrected chi connectivity index (χ2v) is 6.12. The molecule has 2 amide bonds. The molecule has 5 nitrogen and oxygen atoms in total. The molecule has 1 N–H and O–H groups in total. The van der Waals surface area contributed by atoms with Gasteiger partial charge in [0.2, 0.25) is 0 Å². The van der Waals surface area contributed by atoms with Gasteiger partial charge in [-0.1, -0.05) is 36.4 Å². The van der Waals surface area contributed by atoms with Gasteiger partial charge in [-0.15, -0.1) is 0 Å². The summed E-state index contributed by atoms with van der Waals surface area (Å²) in [4.78, 5) is 31.0. The van der Waals surface area contributed by atoms with Gasteiger partial charge in [-0.2, -0.15) is 13.2 Å². The van der Waals surface area contributed by atoms with Gasteiger partial charge in [0.15, 0.2) is 0 Å². The molecule has 0 bridgehead atoms. The molecule has 1 aliphatic heterocycles. The molecule has 0 aromatic heterocycles. The van der Waals surface area contributed by atoms with Crippen molar-refractivity contribution in [1.29, 1.82) is 0 Å². The highest BCUT2D eigenvalue weighted by Gasteiger charge is 2.39. The number of amides is 2. The second-order valence-electron chi connectivity index (χ2n) is 6.12. The Morgan fingerprint density at radius 2 is 1.85 bits per heavy atom. The van der Waals surface area contributed by atoms with Crippen LogP contribution in [-0.2, 0) is 22.4 Å². The highest BCUT2D eigenvalue weighted by atomic mass is 19.4. The summed E-state index contributed by atoms with van der Waals surface area (Å²) >= 11 is 0. The first-order chi connectivity index (χ1) is 12.9. The van der Waals surface area contributed by atoms with Gasteiger partial charge in [0, 0.05) is 12.1 Å². The van der Waals surface area contributed by atoms with Gasteiger partial charge in [-0.25, -0.2) is 5.48 Å². The van der Waals surface area contributed by atoms with Crippen LogP contribution < -0.4 is 5.48 Å². The Morgan fingerprint density at radius 1 is 1.11 bits per heavy atom. The monoisotopic (exact) mass is 378 g/mol. The minimum atomic E-state index is -4.53. The number of rotatable bonds is 5. The molecular weight excluding hydrogens is 361 g/mol. The van der Waals surface area contributed by atoms with Crippen LogP contribution in [0.15, 0.2) is 54.6 Å². The van der Waals surface area contributed by atoms with Crippen molar-refractivity contribution in [3.63, 3.8) is 0 Å². The van der Waals surface area contributed by atoms with E-state index >= 15 is 0 Å². The van der Waals surface area contributed by atoms with Crippen molar-refractivity contribution >= 4 is 11.8 Å². The van der Waals surface area contributed by atoms with Gasteiger partial charge in [0.25, 0.3) is 11.8 Å². The van der Waals surface area contributed by atoms with Crippen molar-refractivity contribution < 1.29 is 27.6 Å². The van der Waals surface area contributed by atoms with E-state index < -0.39 is 29.6 Å². The summed E-state index contributed by atoms with van der Waals surface area (Å²) in [6.45, 7) is 0.465. The second kappa shape index (κ2) is 7.79. The van der Waals surface area contributed by atoms with Gasteiger partial charge in [0.1, 0.15) is 6.04 Å². The number of carbonyl (C=O) groups is 2. The third-order valence-electron chi connectivity index (χ3n) is 4.27. The summed E-state index contributed by atoms with van der Waals surface area (Å²) in [5, 5.41) is 0. The van der Waals surface area contributed by atoms with Crippen molar-refractivity contribution in [2.75, 3.05) is 6.54 Å². The minimum absolute atomic E-state index is 0.104. The number of hydrogen-bond donors (Lipinski definition) is 1. The predicted molar refractivity (Wildman–Crippen MR) is 90.3 cm³/mol. The van der Waals surface area contributed by atoms with Gasteiger partial charge >= 0.3 is 6.18 Å². The molecule has 2 aromatic carbocycles. The number of benzene rings is 2. The lowest BCUT2D eigenvalue weighted by Crippen LogP contribution is -2.58. The molecule has 1 heterocycles. The number of alkyl halides is 3. The van der Waals surface area contributed by atoms with E-state index in [9.17, 15) is 22.8 Å². The Kier molecular flexibility index (Phi) is 5.46. The number of hydrogen-bond acceptors (Lipinski definition) is 3. The largest absolute Gasteiger partial charge is 0.416 e. The maximum absolute atomic E-state index is 12.8. The van der Waals surface area contributed by atoms with Gasteiger partial charge in [-0.3, -0.25) is 14.4 Å². The molecule has 0 unspecified atom stereocenters. The lowest BCUT2D eigenvalue weighted by atomic mass is 10.00. The summed E-state index contributed by atoms with van der Waals surface area (Å²) in [6, 6.07) is 12.6. The van der Waals surface area contributed by atoms with E-state index in [0.717, 1.165) is 17.7 Å². The molecule has 0 saturated carbocycles. The van der Waals surface area contributed by atoms with Crippen molar-refractivity contribution in [3.8, 4) is 0 Å².